The third kappa shape index (κ3) is 3.94. The van der Waals surface area contributed by atoms with E-state index in [2.05, 4.69) is 51.2 Å². The Kier molecular flexibility index (Phi) is 5.69. The molecule has 1 saturated carbocycles. The Morgan fingerprint density at radius 1 is 0.962 bits per heavy atom. The van der Waals surface area contributed by atoms with Crippen molar-refractivity contribution in [2.75, 3.05) is 18.4 Å². The Morgan fingerprint density at radius 3 is 2.08 bits per heavy atom. The van der Waals surface area contributed by atoms with Crippen LogP contribution in [0.3, 0.4) is 0 Å². The lowest BCUT2D eigenvalue weighted by Crippen LogP contribution is -2.37. The van der Waals surface area contributed by atoms with Crippen molar-refractivity contribution in [1.29, 1.82) is 0 Å². The highest BCUT2D eigenvalue weighted by Gasteiger charge is 2.49. The van der Waals surface area contributed by atoms with Crippen molar-refractivity contribution in [2.24, 2.45) is 11.8 Å². The zero-order chi connectivity index (χ0) is 18.8. The minimum atomic E-state index is -0.162. The predicted molar refractivity (Wildman–Crippen MR) is 105 cm³/mol. The van der Waals surface area contributed by atoms with Crippen LogP contribution >= 0.6 is 0 Å². The summed E-state index contributed by atoms with van der Waals surface area (Å²) in [6, 6.07) is 6.25. The van der Waals surface area contributed by atoms with Gasteiger partial charge in [-0.15, -0.1) is 0 Å². The number of rotatable bonds is 5. The zero-order valence-corrected chi connectivity index (χ0v) is 16.5. The topological polar surface area (TPSA) is 49.4 Å². The maximum atomic E-state index is 12.8. The van der Waals surface area contributed by atoms with Crippen molar-refractivity contribution < 1.29 is 9.59 Å². The fraction of sp³-hybridized carbons (Fsp3) is 0.636. The van der Waals surface area contributed by atoms with Crippen LogP contribution in [0.15, 0.2) is 18.2 Å². The lowest BCUT2D eigenvalue weighted by molar-refractivity contribution is -0.134. The lowest BCUT2D eigenvalue weighted by Gasteiger charge is -2.27. The molecule has 142 valence electrons. The number of likely N-dealkylation sites (tertiary alicyclic amines) is 1. The van der Waals surface area contributed by atoms with Crippen LogP contribution in [-0.4, -0.2) is 29.8 Å². The van der Waals surface area contributed by atoms with Gasteiger partial charge in [0.1, 0.15) is 0 Å². The average molecular weight is 357 g/mol. The normalized spacial score (nSPS) is 22.6. The molecule has 2 unspecified atom stereocenters. The summed E-state index contributed by atoms with van der Waals surface area (Å²) < 4.78 is 0. The van der Waals surface area contributed by atoms with Crippen molar-refractivity contribution in [3.05, 3.63) is 29.3 Å². The number of hydrogen-bond acceptors (Lipinski definition) is 2. The maximum absolute atomic E-state index is 12.8. The van der Waals surface area contributed by atoms with Gasteiger partial charge in [0.05, 0.1) is 11.8 Å². The molecule has 3 rings (SSSR count). The van der Waals surface area contributed by atoms with Gasteiger partial charge >= 0.3 is 0 Å². The van der Waals surface area contributed by atoms with Gasteiger partial charge in [-0.2, -0.15) is 0 Å². The summed E-state index contributed by atoms with van der Waals surface area (Å²) in [6.45, 7) is 10.3. The van der Waals surface area contributed by atoms with E-state index in [9.17, 15) is 9.59 Å². The van der Waals surface area contributed by atoms with Crippen LogP contribution in [0.25, 0.3) is 0 Å². The van der Waals surface area contributed by atoms with Gasteiger partial charge in [-0.1, -0.05) is 45.9 Å². The Morgan fingerprint density at radius 2 is 1.54 bits per heavy atom. The second-order valence-electron chi connectivity index (χ2n) is 8.44. The molecule has 1 aliphatic heterocycles. The van der Waals surface area contributed by atoms with Crippen molar-refractivity contribution in [2.45, 2.75) is 65.2 Å². The third-order valence-electron chi connectivity index (χ3n) is 5.73. The van der Waals surface area contributed by atoms with Crippen LogP contribution in [0.2, 0.25) is 0 Å². The number of nitrogens with one attached hydrogen (secondary N) is 1. The van der Waals surface area contributed by atoms with Crippen LogP contribution in [0, 0.1) is 11.8 Å². The quantitative estimate of drug-likeness (QED) is 0.843. The summed E-state index contributed by atoms with van der Waals surface area (Å²) in [4.78, 5) is 27.4. The number of benzene rings is 1. The second-order valence-corrected chi connectivity index (χ2v) is 8.44. The minimum Gasteiger partial charge on any atom is -0.342 e. The van der Waals surface area contributed by atoms with Crippen LogP contribution in [-0.2, 0) is 9.59 Å². The smallest absolute Gasteiger partial charge is 0.228 e. The summed E-state index contributed by atoms with van der Waals surface area (Å²) >= 11 is 0. The molecule has 1 aromatic carbocycles. The molecule has 4 nitrogen and oxygen atoms in total. The summed E-state index contributed by atoms with van der Waals surface area (Å²) in [5.41, 5.74) is 3.30. The van der Waals surface area contributed by atoms with Crippen LogP contribution < -0.4 is 5.32 Å². The van der Waals surface area contributed by atoms with Crippen LogP contribution in [0.4, 0.5) is 5.69 Å². The van der Waals surface area contributed by atoms with E-state index in [1.807, 2.05) is 4.90 Å². The molecule has 0 radical (unpaired) electrons. The number of anilines is 1. The Bertz CT molecular complexity index is 648. The van der Waals surface area contributed by atoms with Crippen LogP contribution in [0.5, 0.6) is 0 Å². The second kappa shape index (κ2) is 7.81. The lowest BCUT2D eigenvalue weighted by atomic mass is 9.92. The first-order valence-corrected chi connectivity index (χ1v) is 10.1. The van der Waals surface area contributed by atoms with Crippen molar-refractivity contribution in [1.82, 2.24) is 4.90 Å². The first-order valence-electron chi connectivity index (χ1n) is 10.1. The van der Waals surface area contributed by atoms with Crippen LogP contribution in [0.1, 0.15) is 76.3 Å². The molecule has 4 heteroatoms. The van der Waals surface area contributed by atoms with E-state index in [0.717, 1.165) is 31.6 Å². The molecule has 1 N–H and O–H groups in total. The third-order valence-corrected chi connectivity index (χ3v) is 5.73. The molecular formula is C22H32N2O2. The van der Waals surface area contributed by atoms with Gasteiger partial charge in [-0.05, 0) is 48.6 Å². The van der Waals surface area contributed by atoms with E-state index in [0.29, 0.717) is 18.3 Å². The molecule has 1 aromatic rings. The maximum Gasteiger partial charge on any atom is 0.228 e. The summed E-state index contributed by atoms with van der Waals surface area (Å²) in [6.07, 6.45) is 4.09. The number of piperidine rings is 1. The predicted octanol–water partition coefficient (Wildman–Crippen LogP) is 4.52. The highest BCUT2D eigenvalue weighted by molar-refractivity contribution is 6.00. The van der Waals surface area contributed by atoms with Crippen molar-refractivity contribution >= 4 is 17.5 Å². The molecule has 2 aliphatic rings. The molecule has 0 bridgehead atoms. The van der Waals surface area contributed by atoms with Gasteiger partial charge < -0.3 is 10.2 Å². The molecule has 1 heterocycles. The molecule has 0 aromatic heterocycles. The Balaban J connectivity index is 1.70. The highest BCUT2D eigenvalue weighted by atomic mass is 16.2. The van der Waals surface area contributed by atoms with Gasteiger partial charge in [0.2, 0.25) is 11.8 Å². The molecular weight excluding hydrogens is 324 g/mol. The fourth-order valence-electron chi connectivity index (χ4n) is 4.02. The van der Waals surface area contributed by atoms with Gasteiger partial charge in [0.15, 0.2) is 0 Å². The van der Waals surface area contributed by atoms with E-state index < -0.39 is 0 Å². The number of para-hydroxylation sites is 1. The molecule has 2 fully saturated rings. The number of carbonyl (C=O) groups is 2. The highest BCUT2D eigenvalue weighted by Crippen LogP contribution is 2.42. The number of nitrogens with zero attached hydrogens (tertiary/aromatic N) is 1. The molecule has 1 aliphatic carbocycles. The molecule has 1 saturated heterocycles. The van der Waals surface area contributed by atoms with Gasteiger partial charge in [0.25, 0.3) is 0 Å². The van der Waals surface area contributed by atoms with Gasteiger partial charge in [-0.25, -0.2) is 0 Å². The zero-order valence-electron chi connectivity index (χ0n) is 16.5. The Hall–Kier alpha value is -1.84. The molecule has 2 amide bonds. The van der Waals surface area contributed by atoms with Gasteiger partial charge in [0, 0.05) is 18.8 Å². The molecule has 26 heavy (non-hydrogen) atoms. The fourth-order valence-corrected chi connectivity index (χ4v) is 4.02. The van der Waals surface area contributed by atoms with Crippen molar-refractivity contribution in [3.8, 4) is 0 Å². The summed E-state index contributed by atoms with van der Waals surface area (Å²) in [5.74, 6) is 0.607. The summed E-state index contributed by atoms with van der Waals surface area (Å²) in [7, 11) is 0. The SMILES string of the molecule is CC(C)c1cccc(C(C)C)c1NC(=O)C1CC1C(=O)N1CCCCC1. The standard InChI is InChI=1S/C22H32N2O2/c1-14(2)16-9-8-10-17(15(3)4)20(16)23-21(25)18-13-19(18)22(26)24-11-6-5-7-12-24/h8-10,14-15,18-19H,5-7,11-13H2,1-4H3,(H,23,25). The van der Waals surface area contributed by atoms with E-state index >= 15 is 0 Å². The largest absolute Gasteiger partial charge is 0.342 e. The van der Waals surface area contributed by atoms with E-state index in [1.165, 1.54) is 17.5 Å². The summed E-state index contributed by atoms with van der Waals surface area (Å²) in [5, 5.41) is 3.18. The number of amides is 2. The molecule has 0 spiro atoms. The number of hydrogen-bond donors (Lipinski definition) is 1. The van der Waals surface area contributed by atoms with Crippen molar-refractivity contribution in [3.63, 3.8) is 0 Å². The molecule has 2 atom stereocenters. The first kappa shape index (κ1) is 18.9. The van der Waals surface area contributed by atoms with E-state index in [4.69, 9.17) is 0 Å². The number of carbonyl (C=O) groups excluding carboxylic acids is 2. The van der Waals surface area contributed by atoms with E-state index in [1.54, 1.807) is 0 Å². The average Bonchev–Trinajstić information content (AvgIpc) is 3.42. The van der Waals surface area contributed by atoms with E-state index in [-0.39, 0.29) is 23.7 Å². The first-order chi connectivity index (χ1) is 12.4. The monoisotopic (exact) mass is 356 g/mol. The van der Waals surface area contributed by atoms with Gasteiger partial charge in [-0.3, -0.25) is 9.59 Å². The minimum absolute atomic E-state index is 0.00959. The Labute approximate surface area is 157 Å².